The summed E-state index contributed by atoms with van der Waals surface area (Å²) in [5.74, 6) is -0.510. The number of piperidine rings is 1. The second-order valence-corrected chi connectivity index (χ2v) is 11.8. The highest BCUT2D eigenvalue weighted by molar-refractivity contribution is 6.02. The van der Waals surface area contributed by atoms with E-state index in [1.807, 2.05) is 4.90 Å². The van der Waals surface area contributed by atoms with Crippen LogP contribution < -0.4 is 10.5 Å². The van der Waals surface area contributed by atoms with Gasteiger partial charge < -0.3 is 20.3 Å². The molecule has 0 spiro atoms. The standard InChI is InChI=1S/C30H37F4N3O3/c31-29(27(39)37-16-3-6-25(37)26(35)38)15-2-1-5-24(29)22-7-9-23(10-8-22)40-19-21-11-17-36(18-12-21)20-28(13-4-14-28)30(32,33)34/h1-2,5,7-10,21,25H,3-4,6,11-20H2,(H2,35,38). The van der Waals surface area contributed by atoms with Gasteiger partial charge in [0.25, 0.3) is 5.91 Å². The maximum atomic E-state index is 16.4. The summed E-state index contributed by atoms with van der Waals surface area (Å²) in [7, 11) is 0. The van der Waals surface area contributed by atoms with E-state index in [9.17, 15) is 22.8 Å². The van der Waals surface area contributed by atoms with Gasteiger partial charge in [-0.2, -0.15) is 13.2 Å². The van der Waals surface area contributed by atoms with Gasteiger partial charge in [0.2, 0.25) is 11.6 Å². The number of rotatable bonds is 8. The number of alkyl halides is 4. The molecule has 2 saturated heterocycles. The van der Waals surface area contributed by atoms with Crippen LogP contribution in [0.1, 0.15) is 56.9 Å². The Morgan fingerprint density at radius 1 is 1.02 bits per heavy atom. The van der Waals surface area contributed by atoms with Crippen molar-refractivity contribution in [3.05, 3.63) is 48.1 Å². The molecule has 0 aromatic heterocycles. The lowest BCUT2D eigenvalue weighted by molar-refractivity contribution is -0.256. The highest BCUT2D eigenvalue weighted by Gasteiger charge is 2.58. The first-order valence-electron chi connectivity index (χ1n) is 14.2. The molecular formula is C30H37F4N3O3. The summed E-state index contributed by atoms with van der Waals surface area (Å²) in [5, 5.41) is 0. The molecule has 2 aliphatic carbocycles. The Labute approximate surface area is 232 Å². The van der Waals surface area contributed by atoms with E-state index < -0.39 is 35.1 Å². The second-order valence-electron chi connectivity index (χ2n) is 11.8. The van der Waals surface area contributed by atoms with Crippen molar-refractivity contribution in [3.8, 4) is 5.75 Å². The van der Waals surface area contributed by atoms with Gasteiger partial charge in [-0.1, -0.05) is 36.8 Å². The molecule has 3 fully saturated rings. The number of hydrogen-bond acceptors (Lipinski definition) is 4. The van der Waals surface area contributed by atoms with Crippen LogP contribution in [0, 0.1) is 11.3 Å². The minimum absolute atomic E-state index is 0.0933. The fraction of sp³-hybridized carbons (Fsp3) is 0.600. The van der Waals surface area contributed by atoms with Crippen LogP contribution in [0.25, 0.3) is 5.57 Å². The fourth-order valence-electron chi connectivity index (χ4n) is 6.52. The van der Waals surface area contributed by atoms with Gasteiger partial charge in [-0.3, -0.25) is 9.59 Å². The zero-order valence-corrected chi connectivity index (χ0v) is 22.6. The van der Waals surface area contributed by atoms with Crippen LogP contribution in [0.2, 0.25) is 0 Å². The summed E-state index contributed by atoms with van der Waals surface area (Å²) >= 11 is 0. The van der Waals surface area contributed by atoms with Gasteiger partial charge >= 0.3 is 6.18 Å². The molecule has 2 heterocycles. The lowest BCUT2D eigenvalue weighted by Crippen LogP contribution is -2.53. The Morgan fingerprint density at radius 2 is 1.73 bits per heavy atom. The van der Waals surface area contributed by atoms with Crippen LogP contribution >= 0.6 is 0 Å². The van der Waals surface area contributed by atoms with Crippen molar-refractivity contribution < 1.29 is 31.9 Å². The van der Waals surface area contributed by atoms with Crippen LogP contribution in [0.4, 0.5) is 17.6 Å². The molecule has 1 saturated carbocycles. The molecule has 2 unspecified atom stereocenters. The number of hydrogen-bond donors (Lipinski definition) is 1. The van der Waals surface area contributed by atoms with Crippen LogP contribution in [0.3, 0.4) is 0 Å². The van der Waals surface area contributed by atoms with Crippen LogP contribution in [0.5, 0.6) is 5.75 Å². The van der Waals surface area contributed by atoms with Gasteiger partial charge in [0.1, 0.15) is 11.8 Å². The minimum Gasteiger partial charge on any atom is -0.493 e. The lowest BCUT2D eigenvalue weighted by Gasteiger charge is -2.47. The number of benzene rings is 1. The van der Waals surface area contributed by atoms with Gasteiger partial charge in [-0.05, 0) is 75.2 Å². The largest absolute Gasteiger partial charge is 0.493 e. The molecule has 2 N–H and O–H groups in total. The summed E-state index contributed by atoms with van der Waals surface area (Å²) in [6.45, 7) is 2.11. The summed E-state index contributed by atoms with van der Waals surface area (Å²) in [6.07, 6.45) is 4.34. The first-order chi connectivity index (χ1) is 19.0. The number of likely N-dealkylation sites (tertiary alicyclic amines) is 2. The molecule has 2 atom stereocenters. The smallest absolute Gasteiger partial charge is 0.395 e. The molecular weight excluding hydrogens is 526 g/mol. The first kappa shape index (κ1) is 28.6. The number of amides is 2. The van der Waals surface area contributed by atoms with E-state index in [2.05, 4.69) is 0 Å². The molecule has 1 aromatic rings. The van der Waals surface area contributed by atoms with Crippen LogP contribution in [-0.4, -0.2) is 72.3 Å². The zero-order chi connectivity index (χ0) is 28.5. The van der Waals surface area contributed by atoms with Crippen molar-refractivity contribution in [1.29, 1.82) is 0 Å². The van der Waals surface area contributed by atoms with E-state index >= 15 is 4.39 Å². The molecule has 10 heteroatoms. The number of nitrogens with zero attached hydrogens (tertiary/aromatic N) is 2. The van der Waals surface area contributed by atoms with Crippen molar-refractivity contribution in [1.82, 2.24) is 9.80 Å². The van der Waals surface area contributed by atoms with Gasteiger partial charge in [0.15, 0.2) is 0 Å². The Morgan fingerprint density at radius 3 is 2.33 bits per heavy atom. The monoisotopic (exact) mass is 563 g/mol. The third kappa shape index (κ3) is 5.51. The third-order valence-corrected chi connectivity index (χ3v) is 9.20. The highest BCUT2D eigenvalue weighted by Crippen LogP contribution is 2.53. The minimum atomic E-state index is -4.14. The Balaban J connectivity index is 1.16. The molecule has 218 valence electrons. The van der Waals surface area contributed by atoms with Gasteiger partial charge in [-0.15, -0.1) is 0 Å². The first-order valence-corrected chi connectivity index (χ1v) is 14.2. The number of primary amides is 1. The Bertz CT molecular complexity index is 1150. The third-order valence-electron chi connectivity index (χ3n) is 9.20. The predicted molar refractivity (Wildman–Crippen MR) is 143 cm³/mol. The maximum absolute atomic E-state index is 16.4. The molecule has 2 amide bonds. The SMILES string of the molecule is NC(=O)C1CCCN1C(=O)C1(F)CC=CC=C1c1ccc(OCC2CCN(CC3(C(F)(F)F)CCC3)CC2)cc1. The van der Waals surface area contributed by atoms with Crippen LogP contribution in [-0.2, 0) is 9.59 Å². The van der Waals surface area contributed by atoms with E-state index in [0.717, 1.165) is 12.8 Å². The average molecular weight is 564 g/mol. The molecule has 2 aliphatic heterocycles. The van der Waals surface area contributed by atoms with E-state index in [1.54, 1.807) is 42.5 Å². The number of halogens is 4. The van der Waals surface area contributed by atoms with Crippen molar-refractivity contribution in [3.63, 3.8) is 0 Å². The Hall–Kier alpha value is -2.88. The average Bonchev–Trinajstić information content (AvgIpc) is 3.40. The number of carbonyl (C=O) groups is 2. The number of ether oxygens (including phenoxy) is 1. The van der Waals surface area contributed by atoms with Crippen molar-refractivity contribution in [2.45, 2.75) is 69.3 Å². The molecule has 0 bridgehead atoms. The molecule has 4 aliphatic rings. The number of allylic oxidation sites excluding steroid dienone is 3. The van der Waals surface area contributed by atoms with E-state index in [-0.39, 0.29) is 37.3 Å². The number of carbonyl (C=O) groups excluding carboxylic acids is 2. The second kappa shape index (κ2) is 11.2. The Kier molecular flexibility index (Phi) is 8.01. The molecule has 6 nitrogen and oxygen atoms in total. The molecule has 1 aromatic carbocycles. The van der Waals surface area contributed by atoms with E-state index in [1.165, 1.54) is 4.90 Å². The lowest BCUT2D eigenvalue weighted by atomic mass is 9.67. The molecule has 5 rings (SSSR count). The number of nitrogens with two attached hydrogens (primary N) is 1. The summed E-state index contributed by atoms with van der Waals surface area (Å²) < 4.78 is 62.9. The van der Waals surface area contributed by atoms with Gasteiger partial charge in [0, 0.05) is 25.1 Å². The summed E-state index contributed by atoms with van der Waals surface area (Å²) in [4.78, 5) is 28.3. The predicted octanol–water partition coefficient (Wildman–Crippen LogP) is 5.04. The highest BCUT2D eigenvalue weighted by atomic mass is 19.4. The fourth-order valence-corrected chi connectivity index (χ4v) is 6.52. The van der Waals surface area contributed by atoms with Crippen molar-refractivity contribution in [2.75, 3.05) is 32.8 Å². The van der Waals surface area contributed by atoms with E-state index in [4.69, 9.17) is 10.5 Å². The van der Waals surface area contributed by atoms with Crippen molar-refractivity contribution in [2.24, 2.45) is 17.1 Å². The van der Waals surface area contributed by atoms with Crippen molar-refractivity contribution >= 4 is 17.4 Å². The summed E-state index contributed by atoms with van der Waals surface area (Å²) in [6, 6.07) is 6.12. The zero-order valence-electron chi connectivity index (χ0n) is 22.6. The topological polar surface area (TPSA) is 75.9 Å². The quantitative estimate of drug-likeness (QED) is 0.450. The summed E-state index contributed by atoms with van der Waals surface area (Å²) in [5.41, 5.74) is 2.41. The molecule has 40 heavy (non-hydrogen) atoms. The maximum Gasteiger partial charge on any atom is 0.395 e. The van der Waals surface area contributed by atoms with Crippen LogP contribution in [0.15, 0.2) is 42.5 Å². The van der Waals surface area contributed by atoms with Gasteiger partial charge in [-0.25, -0.2) is 4.39 Å². The normalized spacial score (nSPS) is 27.2. The van der Waals surface area contributed by atoms with Gasteiger partial charge in [0.05, 0.1) is 12.0 Å². The molecule has 0 radical (unpaired) electrons. The van der Waals surface area contributed by atoms with E-state index in [0.29, 0.717) is 56.8 Å².